The molecule has 0 aliphatic carbocycles. The van der Waals surface area contributed by atoms with Gasteiger partial charge in [-0.05, 0) is 31.6 Å². The van der Waals surface area contributed by atoms with Crippen LogP contribution >= 0.6 is 11.8 Å². The molecule has 1 aromatic rings. The van der Waals surface area contributed by atoms with Gasteiger partial charge in [-0.15, -0.1) is 0 Å². The van der Waals surface area contributed by atoms with Crippen LogP contribution in [0.5, 0.6) is 0 Å². The van der Waals surface area contributed by atoms with E-state index < -0.39 is 0 Å². The van der Waals surface area contributed by atoms with Crippen molar-refractivity contribution in [1.82, 2.24) is 15.5 Å². The predicted molar refractivity (Wildman–Crippen MR) is 70.2 cm³/mol. The quantitative estimate of drug-likeness (QED) is 0.875. The van der Waals surface area contributed by atoms with E-state index in [-0.39, 0.29) is 5.41 Å². The monoisotopic (exact) mass is 255 g/mol. The summed E-state index contributed by atoms with van der Waals surface area (Å²) < 4.78 is 5.48. The number of piperidine rings is 1. The largest absolute Gasteiger partial charge is 0.339 e. The molecular weight excluding hydrogens is 234 g/mol. The van der Waals surface area contributed by atoms with Crippen LogP contribution in [0.4, 0.5) is 0 Å². The Morgan fingerprint density at radius 3 is 3.00 bits per heavy atom. The van der Waals surface area contributed by atoms with Gasteiger partial charge in [0.15, 0.2) is 5.82 Å². The minimum Gasteiger partial charge on any atom is -0.339 e. The normalized spacial score (nSPS) is 25.1. The molecule has 5 heteroatoms. The Kier molecular flexibility index (Phi) is 4.45. The Morgan fingerprint density at radius 2 is 2.35 bits per heavy atom. The van der Waals surface area contributed by atoms with Crippen molar-refractivity contribution < 1.29 is 4.52 Å². The summed E-state index contributed by atoms with van der Waals surface area (Å²) in [7, 11) is 0. The van der Waals surface area contributed by atoms with E-state index in [1.165, 1.54) is 6.42 Å². The topological polar surface area (TPSA) is 51.0 Å². The molecule has 1 aliphatic heterocycles. The van der Waals surface area contributed by atoms with Crippen LogP contribution in [-0.2, 0) is 11.2 Å². The Labute approximate surface area is 107 Å². The molecule has 2 heterocycles. The van der Waals surface area contributed by atoms with Crippen molar-refractivity contribution in [3.63, 3.8) is 0 Å². The van der Waals surface area contributed by atoms with E-state index in [1.54, 1.807) is 0 Å². The molecule has 0 radical (unpaired) electrons. The van der Waals surface area contributed by atoms with Crippen LogP contribution in [0, 0.1) is 0 Å². The van der Waals surface area contributed by atoms with Crippen molar-refractivity contribution in [3.05, 3.63) is 11.7 Å². The van der Waals surface area contributed by atoms with Gasteiger partial charge >= 0.3 is 0 Å². The van der Waals surface area contributed by atoms with Crippen molar-refractivity contribution in [2.24, 2.45) is 0 Å². The second kappa shape index (κ2) is 5.87. The third-order valence-electron chi connectivity index (χ3n) is 3.51. The molecule has 1 atom stereocenters. The van der Waals surface area contributed by atoms with E-state index in [1.807, 2.05) is 11.8 Å². The van der Waals surface area contributed by atoms with Gasteiger partial charge < -0.3 is 9.84 Å². The predicted octanol–water partition coefficient (Wildman–Crippen LogP) is 2.35. The fourth-order valence-corrected chi connectivity index (χ4v) is 2.83. The van der Waals surface area contributed by atoms with E-state index >= 15 is 0 Å². The summed E-state index contributed by atoms with van der Waals surface area (Å²) in [5.41, 5.74) is 0.0698. The lowest BCUT2D eigenvalue weighted by Gasteiger charge is -2.33. The molecule has 0 bridgehead atoms. The Balaban J connectivity index is 2.10. The highest BCUT2D eigenvalue weighted by molar-refractivity contribution is 7.98. The van der Waals surface area contributed by atoms with Crippen molar-refractivity contribution in [1.29, 1.82) is 0 Å². The molecule has 1 unspecified atom stereocenters. The number of hydrogen-bond acceptors (Lipinski definition) is 5. The summed E-state index contributed by atoms with van der Waals surface area (Å²) in [4.78, 5) is 4.58. The summed E-state index contributed by atoms with van der Waals surface area (Å²) in [5.74, 6) is 3.61. The number of nitrogens with zero attached hydrogens (tertiary/aromatic N) is 2. The molecule has 0 aromatic carbocycles. The first-order chi connectivity index (χ1) is 8.30. The van der Waals surface area contributed by atoms with E-state index in [0.717, 1.165) is 49.2 Å². The van der Waals surface area contributed by atoms with Gasteiger partial charge in [-0.2, -0.15) is 16.7 Å². The highest BCUT2D eigenvalue weighted by atomic mass is 32.2. The van der Waals surface area contributed by atoms with Crippen molar-refractivity contribution in [2.45, 2.75) is 44.3 Å². The van der Waals surface area contributed by atoms with Crippen LogP contribution in [0.25, 0.3) is 0 Å². The third kappa shape index (κ3) is 2.83. The van der Waals surface area contributed by atoms with Gasteiger partial charge in [-0.3, -0.25) is 0 Å². The highest BCUT2D eigenvalue weighted by Gasteiger charge is 2.37. The molecule has 1 N–H and O–H groups in total. The molecule has 1 fully saturated rings. The maximum Gasteiger partial charge on any atom is 0.234 e. The first kappa shape index (κ1) is 12.9. The average Bonchev–Trinajstić information content (AvgIpc) is 2.86. The standard InChI is InChI=1S/C12H21N3OS/c1-3-12(6-5-7-13-9-12)11-14-10(15-16-11)8-17-4-2/h13H,3-9H2,1-2H3. The van der Waals surface area contributed by atoms with Crippen molar-refractivity contribution >= 4 is 11.8 Å². The Morgan fingerprint density at radius 1 is 1.47 bits per heavy atom. The first-order valence-electron chi connectivity index (χ1n) is 6.42. The zero-order valence-electron chi connectivity index (χ0n) is 10.7. The molecule has 1 aliphatic rings. The first-order valence-corrected chi connectivity index (χ1v) is 7.58. The lowest BCUT2D eigenvalue weighted by atomic mass is 9.78. The van der Waals surface area contributed by atoms with Gasteiger partial charge in [0.25, 0.3) is 0 Å². The van der Waals surface area contributed by atoms with Gasteiger partial charge in [0.2, 0.25) is 5.89 Å². The number of thioether (sulfide) groups is 1. The van der Waals surface area contributed by atoms with Gasteiger partial charge in [0, 0.05) is 6.54 Å². The lowest BCUT2D eigenvalue weighted by Crippen LogP contribution is -2.43. The zero-order valence-corrected chi connectivity index (χ0v) is 11.5. The minimum atomic E-state index is 0.0698. The molecule has 4 nitrogen and oxygen atoms in total. The van der Waals surface area contributed by atoms with E-state index in [9.17, 15) is 0 Å². The molecule has 96 valence electrons. The third-order valence-corrected chi connectivity index (χ3v) is 4.38. The zero-order chi connectivity index (χ0) is 12.1. The fourth-order valence-electron chi connectivity index (χ4n) is 2.32. The van der Waals surface area contributed by atoms with Gasteiger partial charge in [-0.1, -0.05) is 19.0 Å². The van der Waals surface area contributed by atoms with Crippen molar-refractivity contribution in [2.75, 3.05) is 18.8 Å². The van der Waals surface area contributed by atoms with E-state index in [2.05, 4.69) is 29.3 Å². The molecule has 0 spiro atoms. The van der Waals surface area contributed by atoms with Gasteiger partial charge in [0.05, 0.1) is 11.2 Å². The molecule has 17 heavy (non-hydrogen) atoms. The summed E-state index contributed by atoms with van der Waals surface area (Å²) in [5, 5.41) is 7.53. The van der Waals surface area contributed by atoms with Gasteiger partial charge in [0.1, 0.15) is 0 Å². The highest BCUT2D eigenvalue weighted by Crippen LogP contribution is 2.33. The van der Waals surface area contributed by atoms with E-state index in [0.29, 0.717) is 0 Å². The van der Waals surface area contributed by atoms with Crippen LogP contribution in [0.1, 0.15) is 44.8 Å². The Hall–Kier alpha value is -0.550. The lowest BCUT2D eigenvalue weighted by molar-refractivity contribution is 0.220. The second-order valence-electron chi connectivity index (χ2n) is 4.57. The van der Waals surface area contributed by atoms with Crippen LogP contribution < -0.4 is 5.32 Å². The molecular formula is C12H21N3OS. The molecule has 1 aromatic heterocycles. The smallest absolute Gasteiger partial charge is 0.234 e. The van der Waals surface area contributed by atoms with Crippen LogP contribution in [0.2, 0.25) is 0 Å². The number of rotatable bonds is 5. The van der Waals surface area contributed by atoms with Crippen molar-refractivity contribution in [3.8, 4) is 0 Å². The molecule has 0 saturated carbocycles. The number of nitrogens with one attached hydrogen (secondary N) is 1. The van der Waals surface area contributed by atoms with Gasteiger partial charge in [-0.25, -0.2) is 0 Å². The maximum absolute atomic E-state index is 5.48. The second-order valence-corrected chi connectivity index (χ2v) is 5.84. The van der Waals surface area contributed by atoms with Crippen LogP contribution in [0.3, 0.4) is 0 Å². The summed E-state index contributed by atoms with van der Waals surface area (Å²) in [6.45, 7) is 6.42. The summed E-state index contributed by atoms with van der Waals surface area (Å²) in [6, 6.07) is 0. The summed E-state index contributed by atoms with van der Waals surface area (Å²) in [6.07, 6.45) is 3.40. The fraction of sp³-hybridized carbons (Fsp3) is 0.833. The number of aromatic nitrogens is 2. The molecule has 0 amide bonds. The Bertz CT molecular complexity index is 347. The SMILES string of the molecule is CCSCc1noc(C2(CC)CCCNC2)n1. The minimum absolute atomic E-state index is 0.0698. The van der Waals surface area contributed by atoms with Crippen LogP contribution in [-0.4, -0.2) is 29.0 Å². The summed E-state index contributed by atoms with van der Waals surface area (Å²) >= 11 is 1.83. The van der Waals surface area contributed by atoms with Crippen LogP contribution in [0.15, 0.2) is 4.52 Å². The molecule has 1 saturated heterocycles. The number of hydrogen-bond donors (Lipinski definition) is 1. The maximum atomic E-state index is 5.48. The van der Waals surface area contributed by atoms with E-state index in [4.69, 9.17) is 4.52 Å². The molecule has 2 rings (SSSR count). The average molecular weight is 255 g/mol.